The molecule has 0 unspecified atom stereocenters. The average Bonchev–Trinajstić information content (AvgIpc) is 3.17. The van der Waals surface area contributed by atoms with E-state index >= 15 is 0 Å². The Bertz CT molecular complexity index is 1080. The summed E-state index contributed by atoms with van der Waals surface area (Å²) in [6.07, 6.45) is -3.56. The maximum atomic E-state index is 13.8. The van der Waals surface area contributed by atoms with Crippen molar-refractivity contribution in [2.24, 2.45) is 0 Å². The molecule has 2 N–H and O–H groups in total. The number of carbonyl (C=O) groups excluding carboxylic acids is 1. The topological polar surface area (TPSA) is 68.2 Å². The van der Waals surface area contributed by atoms with Gasteiger partial charge in [-0.3, -0.25) is 4.79 Å². The number of aromatic nitrogens is 2. The molecule has 0 saturated carbocycles. The number of alkyl halides is 3. The number of rotatable bonds is 4. The highest BCUT2D eigenvalue weighted by molar-refractivity contribution is 6.07. The number of fused-ring (bicyclic) bond motifs is 1. The molecular formula is C22H21F3N4O2. The molecule has 1 aliphatic rings. The van der Waals surface area contributed by atoms with Gasteiger partial charge in [0.2, 0.25) is 0 Å². The highest BCUT2D eigenvalue weighted by atomic mass is 19.4. The van der Waals surface area contributed by atoms with E-state index in [4.69, 9.17) is 4.74 Å². The predicted octanol–water partition coefficient (Wildman–Crippen LogP) is 5.11. The Kier molecular flexibility index (Phi) is 5.34. The lowest BCUT2D eigenvalue weighted by Gasteiger charge is -2.34. The molecule has 1 aliphatic heterocycles. The van der Waals surface area contributed by atoms with Crippen LogP contribution >= 0.6 is 0 Å². The minimum Gasteiger partial charge on any atom is -0.497 e. The Labute approximate surface area is 177 Å². The van der Waals surface area contributed by atoms with Crippen LogP contribution in [0.25, 0.3) is 0 Å². The summed E-state index contributed by atoms with van der Waals surface area (Å²) < 4.78 is 47.3. The Morgan fingerprint density at radius 3 is 2.45 bits per heavy atom. The fourth-order valence-corrected chi connectivity index (χ4v) is 3.62. The van der Waals surface area contributed by atoms with Gasteiger partial charge in [0.05, 0.1) is 19.3 Å². The zero-order chi connectivity index (χ0) is 22.2. The minimum atomic E-state index is -4.50. The molecule has 0 bridgehead atoms. The van der Waals surface area contributed by atoms with Gasteiger partial charge in [-0.1, -0.05) is 29.8 Å². The van der Waals surface area contributed by atoms with Gasteiger partial charge in [0.15, 0.2) is 6.04 Å². The number of anilines is 2. The van der Waals surface area contributed by atoms with E-state index in [1.54, 1.807) is 36.4 Å². The van der Waals surface area contributed by atoms with Crippen LogP contribution in [0.2, 0.25) is 0 Å². The van der Waals surface area contributed by atoms with Crippen LogP contribution in [-0.2, 0) is 0 Å². The summed E-state index contributed by atoms with van der Waals surface area (Å²) in [7, 11) is 1.53. The molecule has 6 nitrogen and oxygen atoms in total. The number of carbonyl (C=O) groups is 1. The quantitative estimate of drug-likeness (QED) is 0.603. The fraction of sp³-hybridized carbons (Fsp3) is 0.273. The Balaban J connectivity index is 1.65. The minimum absolute atomic E-state index is 0.0434. The van der Waals surface area contributed by atoms with Crippen LogP contribution in [0.5, 0.6) is 5.75 Å². The van der Waals surface area contributed by atoms with E-state index in [1.165, 1.54) is 7.11 Å². The van der Waals surface area contributed by atoms with Gasteiger partial charge in [-0.05, 0) is 36.8 Å². The molecule has 31 heavy (non-hydrogen) atoms. The maximum absolute atomic E-state index is 13.8. The molecule has 9 heteroatoms. The molecule has 162 valence electrons. The van der Waals surface area contributed by atoms with Crippen molar-refractivity contribution in [2.45, 2.75) is 31.6 Å². The molecule has 0 saturated heterocycles. The highest BCUT2D eigenvalue weighted by Gasteiger charge is 2.47. The van der Waals surface area contributed by atoms with Crippen LogP contribution < -0.4 is 15.4 Å². The Morgan fingerprint density at radius 2 is 1.84 bits per heavy atom. The van der Waals surface area contributed by atoms with Crippen LogP contribution in [0.4, 0.5) is 24.7 Å². The third-order valence-corrected chi connectivity index (χ3v) is 5.31. The zero-order valence-corrected chi connectivity index (χ0v) is 16.9. The molecule has 0 radical (unpaired) electrons. The average molecular weight is 430 g/mol. The number of hydrogen-bond donors (Lipinski definition) is 2. The summed E-state index contributed by atoms with van der Waals surface area (Å²) in [4.78, 5) is 12.8. The van der Waals surface area contributed by atoms with Crippen molar-refractivity contribution in [3.8, 4) is 5.75 Å². The lowest BCUT2D eigenvalue weighted by molar-refractivity contribution is -0.173. The second kappa shape index (κ2) is 7.98. The van der Waals surface area contributed by atoms with Crippen LogP contribution in [0.3, 0.4) is 0 Å². The van der Waals surface area contributed by atoms with Gasteiger partial charge in [0.25, 0.3) is 5.91 Å². The van der Waals surface area contributed by atoms with Gasteiger partial charge in [-0.2, -0.15) is 18.3 Å². The summed E-state index contributed by atoms with van der Waals surface area (Å²) in [6.45, 7) is 1.91. The molecular weight excluding hydrogens is 409 g/mol. The van der Waals surface area contributed by atoms with Gasteiger partial charge in [0, 0.05) is 12.1 Å². The molecule has 1 aromatic heterocycles. The maximum Gasteiger partial charge on any atom is 0.410 e. The lowest BCUT2D eigenvalue weighted by Crippen LogP contribution is -2.36. The number of benzene rings is 2. The van der Waals surface area contributed by atoms with Crippen LogP contribution in [0, 0.1) is 6.92 Å². The first kappa shape index (κ1) is 20.8. The highest BCUT2D eigenvalue weighted by Crippen LogP contribution is 2.44. The van der Waals surface area contributed by atoms with E-state index in [2.05, 4.69) is 15.7 Å². The van der Waals surface area contributed by atoms with Gasteiger partial charge in [-0.25, -0.2) is 4.68 Å². The number of halogens is 3. The summed E-state index contributed by atoms with van der Waals surface area (Å²) in [6, 6.07) is 11.5. The molecule has 4 rings (SSSR count). The number of methoxy groups -OCH3 is 1. The van der Waals surface area contributed by atoms with E-state index in [0.29, 0.717) is 17.0 Å². The molecule has 0 spiro atoms. The van der Waals surface area contributed by atoms with E-state index in [1.807, 2.05) is 19.1 Å². The summed E-state index contributed by atoms with van der Waals surface area (Å²) in [5.74, 6) is 0.117. The zero-order valence-electron chi connectivity index (χ0n) is 16.9. The second-order valence-corrected chi connectivity index (χ2v) is 7.43. The van der Waals surface area contributed by atoms with Crippen molar-refractivity contribution < 1.29 is 22.7 Å². The normalized spacial score (nSPS) is 18.1. The summed E-state index contributed by atoms with van der Waals surface area (Å²) >= 11 is 0. The van der Waals surface area contributed by atoms with E-state index in [0.717, 1.165) is 16.4 Å². The van der Waals surface area contributed by atoms with E-state index in [-0.39, 0.29) is 17.8 Å². The van der Waals surface area contributed by atoms with E-state index < -0.39 is 24.2 Å². The van der Waals surface area contributed by atoms with E-state index in [9.17, 15) is 18.0 Å². The standard InChI is InChI=1S/C22H21F3N4O2/c1-13-3-5-14(6-4-13)18-11-19(22(23,24)25)29-20(28-18)17(12-26-29)21(30)27-15-7-9-16(31-2)10-8-15/h3-10,12,18-19,28H,11H2,1-2H3,(H,27,30)/t18-,19-/m0/s1. The first-order valence-electron chi connectivity index (χ1n) is 9.69. The van der Waals surface area contributed by atoms with Crippen molar-refractivity contribution in [1.29, 1.82) is 0 Å². The van der Waals surface area contributed by atoms with Gasteiger partial charge >= 0.3 is 6.18 Å². The summed E-state index contributed by atoms with van der Waals surface area (Å²) in [5.41, 5.74) is 2.26. The third kappa shape index (κ3) is 4.21. The summed E-state index contributed by atoms with van der Waals surface area (Å²) in [5, 5.41) is 9.67. The Morgan fingerprint density at radius 1 is 1.16 bits per heavy atom. The number of ether oxygens (including phenoxy) is 1. The number of aryl methyl sites for hydroxylation is 1. The molecule has 0 fully saturated rings. The number of amides is 1. The second-order valence-electron chi connectivity index (χ2n) is 7.43. The van der Waals surface area contributed by atoms with Crippen molar-refractivity contribution in [2.75, 3.05) is 17.7 Å². The van der Waals surface area contributed by atoms with Crippen LogP contribution in [0.15, 0.2) is 54.7 Å². The molecule has 0 aliphatic carbocycles. The first-order chi connectivity index (χ1) is 14.8. The Hall–Kier alpha value is -3.49. The van der Waals surface area contributed by atoms with Crippen molar-refractivity contribution in [1.82, 2.24) is 9.78 Å². The molecule has 2 aromatic carbocycles. The molecule has 1 amide bonds. The van der Waals surface area contributed by atoms with Gasteiger partial charge in [-0.15, -0.1) is 0 Å². The SMILES string of the molecule is COc1ccc(NC(=O)c2cnn3c2N[C@H](c2ccc(C)cc2)C[C@H]3C(F)(F)F)cc1. The van der Waals surface area contributed by atoms with Crippen molar-refractivity contribution in [3.63, 3.8) is 0 Å². The molecule has 3 aromatic rings. The third-order valence-electron chi connectivity index (χ3n) is 5.31. The smallest absolute Gasteiger partial charge is 0.410 e. The monoisotopic (exact) mass is 430 g/mol. The largest absolute Gasteiger partial charge is 0.497 e. The van der Waals surface area contributed by atoms with Gasteiger partial charge < -0.3 is 15.4 Å². The number of hydrogen-bond acceptors (Lipinski definition) is 4. The number of nitrogens with zero attached hydrogens (tertiary/aromatic N) is 2. The lowest BCUT2D eigenvalue weighted by atomic mass is 9.96. The number of nitrogens with one attached hydrogen (secondary N) is 2. The van der Waals surface area contributed by atoms with Crippen LogP contribution in [-0.4, -0.2) is 29.0 Å². The molecule has 2 atom stereocenters. The fourth-order valence-electron chi connectivity index (χ4n) is 3.62. The van der Waals surface area contributed by atoms with Crippen LogP contribution in [0.1, 0.15) is 40.0 Å². The van der Waals surface area contributed by atoms with Crippen molar-refractivity contribution in [3.05, 3.63) is 71.4 Å². The van der Waals surface area contributed by atoms with Crippen molar-refractivity contribution >= 4 is 17.4 Å². The first-order valence-corrected chi connectivity index (χ1v) is 9.69. The molecule has 2 heterocycles. The van der Waals surface area contributed by atoms with Gasteiger partial charge in [0.1, 0.15) is 17.1 Å². The predicted molar refractivity (Wildman–Crippen MR) is 110 cm³/mol.